The number of amides is 1. The number of rotatable bonds is 8. The molecule has 0 aliphatic carbocycles. The van der Waals surface area contributed by atoms with E-state index in [1.165, 1.54) is 18.2 Å². The maximum absolute atomic E-state index is 11.4. The van der Waals surface area contributed by atoms with Gasteiger partial charge in [0, 0.05) is 12.1 Å². The second-order valence-electron chi connectivity index (χ2n) is 7.38. The molecule has 0 aliphatic heterocycles. The fraction of sp³-hybridized carbons (Fsp3) is 0.167. The molecule has 0 heterocycles. The van der Waals surface area contributed by atoms with E-state index in [4.69, 9.17) is 15.9 Å². The second-order valence-corrected chi connectivity index (χ2v) is 7.38. The monoisotopic (exact) mass is 483 g/mol. The van der Waals surface area contributed by atoms with Crippen LogP contribution in [0.4, 0.5) is 11.4 Å². The van der Waals surface area contributed by atoms with Crippen molar-refractivity contribution >= 4 is 23.3 Å². The molecule has 3 unspecified atom stereocenters. The average Bonchev–Trinajstić information content (AvgIpc) is 2.84. The fourth-order valence-electron chi connectivity index (χ4n) is 2.98. The van der Waals surface area contributed by atoms with Gasteiger partial charge in [0.05, 0.1) is 4.92 Å². The summed E-state index contributed by atoms with van der Waals surface area (Å²) < 4.78 is 0. The lowest BCUT2D eigenvalue weighted by Gasteiger charge is -2.13. The Bertz CT molecular complexity index is 1160. The number of carboxylic acids is 1. The number of aliphatic hydroxyl groups is 2. The van der Waals surface area contributed by atoms with Crippen LogP contribution < -0.4 is 11.1 Å². The fourth-order valence-corrected chi connectivity index (χ4v) is 2.98. The zero-order valence-electron chi connectivity index (χ0n) is 18.4. The van der Waals surface area contributed by atoms with Crippen molar-refractivity contribution in [1.82, 2.24) is 0 Å². The Morgan fingerprint density at radius 2 is 1.57 bits per heavy atom. The SMILES string of the molecule is NC(Cc1cccc(O)c1)c1ccccc1.O=C(O)C(O)C(O)C(=O)Nc1ccccc1[N+](=O)[O-]. The minimum Gasteiger partial charge on any atom is -0.508 e. The maximum atomic E-state index is 11.4. The van der Waals surface area contributed by atoms with Crippen molar-refractivity contribution in [2.45, 2.75) is 24.7 Å². The van der Waals surface area contributed by atoms with E-state index in [0.717, 1.165) is 23.6 Å². The number of nitro groups is 1. The van der Waals surface area contributed by atoms with Crippen LogP contribution >= 0.6 is 0 Å². The van der Waals surface area contributed by atoms with E-state index < -0.39 is 34.7 Å². The number of carboxylic acid groups (broad SMARTS) is 1. The molecule has 3 atom stereocenters. The molecule has 3 rings (SSSR count). The van der Waals surface area contributed by atoms with Crippen LogP contribution in [0, 0.1) is 10.1 Å². The van der Waals surface area contributed by atoms with Gasteiger partial charge in [-0.1, -0.05) is 54.6 Å². The van der Waals surface area contributed by atoms with Gasteiger partial charge in [-0.3, -0.25) is 14.9 Å². The number of aliphatic hydroxyl groups excluding tert-OH is 2. The molecule has 3 aromatic carbocycles. The molecule has 0 radical (unpaired) electrons. The number of nitro benzene ring substituents is 1. The van der Waals surface area contributed by atoms with E-state index in [9.17, 15) is 29.9 Å². The van der Waals surface area contributed by atoms with Gasteiger partial charge in [0.15, 0.2) is 12.2 Å². The topological polar surface area (TPSA) is 196 Å². The minimum atomic E-state index is -2.32. The summed E-state index contributed by atoms with van der Waals surface area (Å²) in [4.78, 5) is 31.7. The molecule has 0 aromatic heterocycles. The van der Waals surface area contributed by atoms with E-state index >= 15 is 0 Å². The number of carbonyl (C=O) groups is 2. The molecule has 7 N–H and O–H groups in total. The van der Waals surface area contributed by atoms with Gasteiger partial charge in [0.25, 0.3) is 11.6 Å². The van der Waals surface area contributed by atoms with Crippen molar-refractivity contribution in [3.8, 4) is 5.75 Å². The number of aromatic hydroxyl groups is 1. The Morgan fingerprint density at radius 1 is 0.943 bits per heavy atom. The van der Waals surface area contributed by atoms with Crippen LogP contribution in [0.5, 0.6) is 5.75 Å². The standard InChI is InChI=1S/C14H15NO.C10H10N2O7/c15-14(12-6-2-1-3-7-12)10-11-5-4-8-13(16)9-11;13-7(8(14)10(16)17)9(15)11-5-3-1-2-4-6(5)12(18)19/h1-9,14,16H,10,15H2;1-4,7-8,13-14H,(H,11,15)(H,16,17). The zero-order chi connectivity index (χ0) is 26.0. The normalized spacial score (nSPS) is 12.9. The number of phenolic OH excluding ortho intramolecular Hbond substituents is 1. The molecule has 0 aliphatic rings. The number of nitrogens with zero attached hydrogens (tertiary/aromatic N) is 1. The molecule has 11 heteroatoms. The molecule has 0 spiro atoms. The highest BCUT2D eigenvalue weighted by atomic mass is 16.6. The van der Waals surface area contributed by atoms with Gasteiger partial charge in [-0.05, 0) is 35.7 Å². The number of phenols is 1. The van der Waals surface area contributed by atoms with Gasteiger partial charge in [0.2, 0.25) is 0 Å². The first-order valence-corrected chi connectivity index (χ1v) is 10.3. The molecule has 0 fully saturated rings. The van der Waals surface area contributed by atoms with Gasteiger partial charge in [-0.25, -0.2) is 4.79 Å². The lowest BCUT2D eigenvalue weighted by atomic mass is 10.00. The Morgan fingerprint density at radius 3 is 2.17 bits per heavy atom. The van der Waals surface area contributed by atoms with E-state index in [-0.39, 0.29) is 17.5 Å². The minimum absolute atomic E-state index is 0.0250. The molecular weight excluding hydrogens is 458 g/mol. The molecule has 0 saturated carbocycles. The van der Waals surface area contributed by atoms with Gasteiger partial charge < -0.3 is 31.5 Å². The number of hydrogen-bond donors (Lipinski definition) is 6. The lowest BCUT2D eigenvalue weighted by molar-refractivity contribution is -0.383. The van der Waals surface area contributed by atoms with Crippen molar-refractivity contribution < 1.29 is 34.9 Å². The van der Waals surface area contributed by atoms with Crippen LogP contribution in [-0.2, 0) is 16.0 Å². The number of para-hydroxylation sites is 2. The quantitative estimate of drug-likeness (QED) is 0.205. The third kappa shape index (κ3) is 8.19. The van der Waals surface area contributed by atoms with Crippen LogP contribution in [0.1, 0.15) is 17.2 Å². The average molecular weight is 483 g/mol. The van der Waals surface area contributed by atoms with Crippen LogP contribution in [0.25, 0.3) is 0 Å². The van der Waals surface area contributed by atoms with Crippen molar-refractivity contribution in [3.05, 3.63) is 100 Å². The summed E-state index contributed by atoms with van der Waals surface area (Å²) in [6.07, 6.45) is -3.82. The molecule has 1 amide bonds. The summed E-state index contributed by atoms with van der Waals surface area (Å²) in [6, 6.07) is 22.3. The van der Waals surface area contributed by atoms with Crippen LogP contribution in [0.2, 0.25) is 0 Å². The highest BCUT2D eigenvalue weighted by Gasteiger charge is 2.31. The molecule has 184 valence electrons. The van der Waals surface area contributed by atoms with Crippen molar-refractivity contribution in [2.75, 3.05) is 5.32 Å². The van der Waals surface area contributed by atoms with Crippen LogP contribution in [0.15, 0.2) is 78.9 Å². The molecular formula is C24H25N3O8. The van der Waals surface area contributed by atoms with Crippen molar-refractivity contribution in [3.63, 3.8) is 0 Å². The predicted octanol–water partition coefficient (Wildman–Crippen LogP) is 1.97. The number of nitrogens with two attached hydrogens (primary N) is 1. The van der Waals surface area contributed by atoms with E-state index in [2.05, 4.69) is 0 Å². The highest BCUT2D eigenvalue weighted by Crippen LogP contribution is 2.23. The number of aliphatic carboxylic acids is 1. The third-order valence-corrected chi connectivity index (χ3v) is 4.77. The second kappa shape index (κ2) is 12.8. The van der Waals surface area contributed by atoms with Gasteiger partial charge >= 0.3 is 5.97 Å². The van der Waals surface area contributed by atoms with Gasteiger partial charge in [-0.15, -0.1) is 0 Å². The summed E-state index contributed by atoms with van der Waals surface area (Å²) in [5, 5.41) is 48.6. The van der Waals surface area contributed by atoms with Gasteiger partial charge in [-0.2, -0.15) is 0 Å². The Labute approximate surface area is 200 Å². The molecule has 11 nitrogen and oxygen atoms in total. The number of carbonyl (C=O) groups excluding carboxylic acids is 1. The molecule has 0 bridgehead atoms. The number of anilines is 1. The Kier molecular flexibility index (Phi) is 9.84. The molecule has 3 aromatic rings. The van der Waals surface area contributed by atoms with Crippen LogP contribution in [-0.4, -0.2) is 49.4 Å². The smallest absolute Gasteiger partial charge is 0.335 e. The lowest BCUT2D eigenvalue weighted by Crippen LogP contribution is -2.42. The molecule has 35 heavy (non-hydrogen) atoms. The third-order valence-electron chi connectivity index (χ3n) is 4.77. The van der Waals surface area contributed by atoms with Crippen molar-refractivity contribution in [1.29, 1.82) is 0 Å². The molecule has 0 saturated heterocycles. The summed E-state index contributed by atoms with van der Waals surface area (Å²) in [5.41, 5.74) is 7.63. The number of hydrogen-bond acceptors (Lipinski definition) is 8. The maximum Gasteiger partial charge on any atom is 0.335 e. The largest absolute Gasteiger partial charge is 0.508 e. The van der Waals surface area contributed by atoms with Gasteiger partial charge in [0.1, 0.15) is 11.4 Å². The predicted molar refractivity (Wildman–Crippen MR) is 127 cm³/mol. The summed E-state index contributed by atoms with van der Waals surface area (Å²) in [6.45, 7) is 0. The first-order valence-electron chi connectivity index (χ1n) is 10.3. The van der Waals surface area contributed by atoms with Crippen molar-refractivity contribution in [2.24, 2.45) is 5.73 Å². The highest BCUT2D eigenvalue weighted by molar-refractivity contribution is 5.98. The number of nitrogens with one attached hydrogen (secondary N) is 1. The Balaban J connectivity index is 0.000000250. The Hall–Kier alpha value is -4.32. The summed E-state index contributed by atoms with van der Waals surface area (Å²) in [7, 11) is 0. The van der Waals surface area contributed by atoms with Crippen LogP contribution in [0.3, 0.4) is 0 Å². The van der Waals surface area contributed by atoms with E-state index in [0.29, 0.717) is 0 Å². The zero-order valence-corrected chi connectivity index (χ0v) is 18.4. The summed E-state index contributed by atoms with van der Waals surface area (Å²) >= 11 is 0. The first-order chi connectivity index (χ1) is 16.6. The number of benzene rings is 3. The van der Waals surface area contributed by atoms with E-state index in [1.807, 2.05) is 47.8 Å². The summed E-state index contributed by atoms with van der Waals surface area (Å²) in [5.74, 6) is -2.76. The first kappa shape index (κ1) is 26.9. The van der Waals surface area contributed by atoms with E-state index in [1.54, 1.807) is 12.1 Å².